The van der Waals surface area contributed by atoms with Crippen molar-refractivity contribution in [3.8, 4) is 0 Å². The summed E-state index contributed by atoms with van der Waals surface area (Å²) in [5.41, 5.74) is 0. The molecule has 5 nitrogen and oxygen atoms in total. The molecule has 1 aliphatic heterocycles. The van der Waals surface area contributed by atoms with Gasteiger partial charge in [0.1, 0.15) is 24.4 Å². The molecule has 0 radical (unpaired) electrons. The van der Waals surface area contributed by atoms with Crippen LogP contribution in [0.25, 0.3) is 0 Å². The van der Waals surface area contributed by atoms with E-state index in [-0.39, 0.29) is 12.7 Å². The number of aliphatic hydroxyl groups is 3. The molecule has 1 rings (SSSR count). The molecule has 1 saturated heterocycles. The quantitative estimate of drug-likeness (QED) is 0.397. The minimum absolute atomic E-state index is 0.279. The Morgan fingerprint density at radius 1 is 0.958 bits per heavy atom. The lowest BCUT2D eigenvalue weighted by Gasteiger charge is -2.20. The molecule has 0 saturated carbocycles. The molecule has 0 aromatic carbocycles. The van der Waals surface area contributed by atoms with Crippen molar-refractivity contribution in [2.75, 3.05) is 19.8 Å². The molecule has 0 bridgehead atoms. The highest BCUT2D eigenvalue weighted by Gasteiger charge is 2.40. The molecule has 1 aliphatic rings. The van der Waals surface area contributed by atoms with Crippen LogP contribution in [-0.2, 0) is 9.47 Å². The van der Waals surface area contributed by atoms with E-state index < -0.39 is 24.9 Å². The van der Waals surface area contributed by atoms with Crippen molar-refractivity contribution in [1.29, 1.82) is 0 Å². The number of hydrogen-bond acceptors (Lipinski definition) is 5. The van der Waals surface area contributed by atoms with Crippen LogP contribution < -0.4 is 0 Å². The molecule has 0 aromatic heterocycles. The van der Waals surface area contributed by atoms with Crippen molar-refractivity contribution in [2.24, 2.45) is 0 Å². The second-order valence-corrected chi connectivity index (χ2v) is 6.98. The Labute approximate surface area is 147 Å². The first kappa shape index (κ1) is 21.8. The summed E-state index contributed by atoms with van der Waals surface area (Å²) in [4.78, 5) is 0. The van der Waals surface area contributed by atoms with Gasteiger partial charge in [-0.3, -0.25) is 0 Å². The van der Waals surface area contributed by atoms with Gasteiger partial charge in [0.25, 0.3) is 0 Å². The number of ether oxygens (including phenoxy) is 2. The van der Waals surface area contributed by atoms with Crippen molar-refractivity contribution in [2.45, 2.75) is 102 Å². The maximum atomic E-state index is 10.0. The standard InChI is InChI=1S/C19H38O5/c1-2-3-4-5-6-7-8-9-10-11-12-13-23-17-15-24-19(18(17)22)16(21)14-20/h16-22H,2-15H2,1H3/t16-,17+,18-,19-/m1/s1. The lowest BCUT2D eigenvalue weighted by Crippen LogP contribution is -2.41. The SMILES string of the molecule is CCCCCCCCCCCCCO[C@H]1CO[C@H]([C@H](O)CO)[C@@H]1O. The van der Waals surface area contributed by atoms with E-state index >= 15 is 0 Å². The Morgan fingerprint density at radius 2 is 1.50 bits per heavy atom. The van der Waals surface area contributed by atoms with Crippen LogP contribution in [0.4, 0.5) is 0 Å². The van der Waals surface area contributed by atoms with Crippen molar-refractivity contribution in [3.63, 3.8) is 0 Å². The van der Waals surface area contributed by atoms with E-state index in [1.165, 1.54) is 57.8 Å². The van der Waals surface area contributed by atoms with Gasteiger partial charge >= 0.3 is 0 Å². The van der Waals surface area contributed by atoms with E-state index in [1.807, 2.05) is 0 Å². The predicted molar refractivity (Wildman–Crippen MR) is 95.0 cm³/mol. The molecule has 24 heavy (non-hydrogen) atoms. The Kier molecular flexibility index (Phi) is 12.8. The van der Waals surface area contributed by atoms with E-state index in [2.05, 4.69) is 6.92 Å². The van der Waals surface area contributed by atoms with Gasteiger partial charge in [-0.05, 0) is 6.42 Å². The zero-order valence-corrected chi connectivity index (χ0v) is 15.4. The Bertz CT molecular complexity index is 287. The first-order chi connectivity index (χ1) is 11.7. The average molecular weight is 347 g/mol. The van der Waals surface area contributed by atoms with E-state index in [0.717, 1.165) is 12.8 Å². The second kappa shape index (κ2) is 14.0. The smallest absolute Gasteiger partial charge is 0.114 e. The fourth-order valence-electron chi connectivity index (χ4n) is 3.20. The van der Waals surface area contributed by atoms with Crippen molar-refractivity contribution in [1.82, 2.24) is 0 Å². The molecule has 1 fully saturated rings. The van der Waals surface area contributed by atoms with E-state index in [1.54, 1.807) is 0 Å². The van der Waals surface area contributed by atoms with E-state index in [9.17, 15) is 10.2 Å². The maximum absolute atomic E-state index is 10.0. The van der Waals surface area contributed by atoms with Crippen molar-refractivity contribution in [3.05, 3.63) is 0 Å². The second-order valence-electron chi connectivity index (χ2n) is 6.98. The third kappa shape index (κ3) is 8.77. The van der Waals surface area contributed by atoms with Crippen LogP contribution in [0.5, 0.6) is 0 Å². The molecule has 3 N–H and O–H groups in total. The van der Waals surface area contributed by atoms with Gasteiger partial charge in [-0.15, -0.1) is 0 Å². The van der Waals surface area contributed by atoms with Gasteiger partial charge in [-0.25, -0.2) is 0 Å². The molecular formula is C19H38O5. The average Bonchev–Trinajstić information content (AvgIpc) is 2.96. The van der Waals surface area contributed by atoms with Crippen molar-refractivity contribution >= 4 is 0 Å². The summed E-state index contributed by atoms with van der Waals surface area (Å²) in [6.45, 7) is 2.74. The topological polar surface area (TPSA) is 79.2 Å². The van der Waals surface area contributed by atoms with Crippen LogP contribution in [0.3, 0.4) is 0 Å². The molecule has 0 amide bonds. The number of aliphatic hydroxyl groups excluding tert-OH is 3. The fraction of sp³-hybridized carbons (Fsp3) is 1.00. The Balaban J connectivity index is 1.89. The van der Waals surface area contributed by atoms with Gasteiger partial charge in [-0.2, -0.15) is 0 Å². The monoisotopic (exact) mass is 346 g/mol. The first-order valence-electron chi connectivity index (χ1n) is 9.90. The molecule has 0 aliphatic carbocycles. The van der Waals surface area contributed by atoms with Gasteiger partial charge in [0.15, 0.2) is 0 Å². The third-order valence-electron chi connectivity index (χ3n) is 4.82. The van der Waals surface area contributed by atoms with Gasteiger partial charge in [-0.1, -0.05) is 71.1 Å². The highest BCUT2D eigenvalue weighted by Crippen LogP contribution is 2.20. The zero-order valence-electron chi connectivity index (χ0n) is 15.4. The van der Waals surface area contributed by atoms with Crippen molar-refractivity contribution < 1.29 is 24.8 Å². The van der Waals surface area contributed by atoms with Gasteiger partial charge < -0.3 is 24.8 Å². The van der Waals surface area contributed by atoms with Crippen LogP contribution >= 0.6 is 0 Å². The highest BCUT2D eigenvalue weighted by molar-refractivity contribution is 4.88. The summed E-state index contributed by atoms with van der Waals surface area (Å²) in [6.07, 6.45) is 11.2. The third-order valence-corrected chi connectivity index (χ3v) is 4.82. The lowest BCUT2D eigenvalue weighted by molar-refractivity contribution is -0.0730. The Hall–Kier alpha value is -0.200. The van der Waals surface area contributed by atoms with Gasteiger partial charge in [0, 0.05) is 6.61 Å². The maximum Gasteiger partial charge on any atom is 0.114 e. The van der Waals surface area contributed by atoms with Gasteiger partial charge in [0.2, 0.25) is 0 Å². The summed E-state index contributed by atoms with van der Waals surface area (Å²) in [7, 11) is 0. The predicted octanol–water partition coefficient (Wildman–Crippen LogP) is 2.80. The molecule has 0 unspecified atom stereocenters. The Morgan fingerprint density at radius 3 is 2.04 bits per heavy atom. The van der Waals surface area contributed by atoms with Crippen LogP contribution in [0, 0.1) is 0 Å². The van der Waals surface area contributed by atoms with Crippen LogP contribution in [0.1, 0.15) is 77.6 Å². The molecule has 0 aromatic rings. The molecule has 5 heteroatoms. The van der Waals surface area contributed by atoms with Crippen LogP contribution in [-0.4, -0.2) is 59.6 Å². The van der Waals surface area contributed by atoms with Crippen LogP contribution in [0.15, 0.2) is 0 Å². The number of rotatable bonds is 15. The molecule has 0 spiro atoms. The zero-order chi connectivity index (χ0) is 17.6. The highest BCUT2D eigenvalue weighted by atomic mass is 16.6. The fourth-order valence-corrected chi connectivity index (χ4v) is 3.20. The number of hydrogen-bond donors (Lipinski definition) is 3. The molecular weight excluding hydrogens is 308 g/mol. The van der Waals surface area contributed by atoms with Crippen LogP contribution in [0.2, 0.25) is 0 Å². The summed E-state index contributed by atoms with van der Waals surface area (Å²) < 4.78 is 11.0. The summed E-state index contributed by atoms with van der Waals surface area (Å²) >= 11 is 0. The summed E-state index contributed by atoms with van der Waals surface area (Å²) in [5, 5.41) is 28.4. The summed E-state index contributed by atoms with van der Waals surface area (Å²) in [6, 6.07) is 0. The van der Waals surface area contributed by atoms with E-state index in [4.69, 9.17) is 14.6 Å². The lowest BCUT2D eigenvalue weighted by atomic mass is 10.1. The minimum Gasteiger partial charge on any atom is -0.394 e. The largest absolute Gasteiger partial charge is 0.394 e. The minimum atomic E-state index is -1.05. The molecule has 4 atom stereocenters. The van der Waals surface area contributed by atoms with Gasteiger partial charge in [0.05, 0.1) is 13.2 Å². The van der Waals surface area contributed by atoms with E-state index in [0.29, 0.717) is 6.61 Å². The normalized spacial score (nSPS) is 25.2. The number of unbranched alkanes of at least 4 members (excludes halogenated alkanes) is 10. The first-order valence-corrected chi connectivity index (χ1v) is 9.90. The summed E-state index contributed by atoms with van der Waals surface area (Å²) in [5.74, 6) is 0. The molecule has 144 valence electrons. The molecule has 1 heterocycles.